The van der Waals surface area contributed by atoms with Gasteiger partial charge in [-0.15, -0.1) is 0 Å². The zero-order valence-corrected chi connectivity index (χ0v) is 11.7. The Morgan fingerprint density at radius 2 is 1.20 bits per heavy atom. The summed E-state index contributed by atoms with van der Waals surface area (Å²) in [4.78, 5) is 15.4. The fraction of sp³-hybridized carbons (Fsp3) is 1.00. The van der Waals surface area contributed by atoms with Crippen molar-refractivity contribution in [1.29, 1.82) is 0 Å². The summed E-state index contributed by atoms with van der Waals surface area (Å²) in [6, 6.07) is 0. The molecule has 0 aromatic heterocycles. The van der Waals surface area contributed by atoms with Gasteiger partial charge in [0.25, 0.3) is 0 Å². The van der Waals surface area contributed by atoms with Gasteiger partial charge in [-0.2, -0.15) is 0 Å². The zero-order valence-electron chi connectivity index (χ0n) is 9.69. The van der Waals surface area contributed by atoms with Crippen LogP contribution in [0.1, 0.15) is 40.5 Å². The minimum Gasteiger partial charge on any atom is -0.326 e. The van der Waals surface area contributed by atoms with E-state index in [1.165, 1.54) is 12.8 Å². The predicted molar refractivity (Wildman–Crippen MR) is 62.4 cm³/mol. The van der Waals surface area contributed by atoms with Crippen LogP contribution >= 0.6 is 16.5 Å². The number of hydrogen-bond acceptors (Lipinski definition) is 3. The molecule has 7 heteroatoms. The van der Waals surface area contributed by atoms with E-state index in [1.54, 1.807) is 0 Å². The third kappa shape index (κ3) is 25.0. The first-order valence-corrected chi connectivity index (χ1v) is 7.42. The molecule has 2 atom stereocenters. The molecule has 0 heterocycles. The van der Waals surface area contributed by atoms with E-state index in [0.717, 1.165) is 11.8 Å². The van der Waals surface area contributed by atoms with Crippen molar-refractivity contribution in [2.45, 2.75) is 40.5 Å². The van der Waals surface area contributed by atoms with Gasteiger partial charge in [-0.25, -0.2) is 4.31 Å². The summed E-state index contributed by atoms with van der Waals surface area (Å²) in [5.41, 5.74) is 0. The van der Waals surface area contributed by atoms with Crippen LogP contribution in [0.25, 0.3) is 0 Å². The van der Waals surface area contributed by atoms with Gasteiger partial charge < -0.3 is 9.79 Å². The molecule has 0 saturated carbocycles. The van der Waals surface area contributed by atoms with Gasteiger partial charge in [0.05, 0.1) is 0 Å². The van der Waals surface area contributed by atoms with Gasteiger partial charge in [-0.1, -0.05) is 40.5 Å². The fourth-order valence-electron chi connectivity index (χ4n) is 0.741. The molecule has 0 radical (unpaired) electrons. The van der Waals surface area contributed by atoms with E-state index in [9.17, 15) is 9.13 Å². The SMILES string of the molecule is CC(C)CCC(C)C.O=[PH](O)O[PH](=O)O. The Hall–Kier alpha value is 0.340. The van der Waals surface area contributed by atoms with Crippen LogP contribution in [0, 0.1) is 11.8 Å². The van der Waals surface area contributed by atoms with Gasteiger partial charge in [-0.05, 0) is 11.8 Å². The molecule has 94 valence electrons. The highest BCUT2D eigenvalue weighted by molar-refractivity contribution is 7.46. The Labute approximate surface area is 92.8 Å². The minimum atomic E-state index is -3.20. The number of rotatable bonds is 5. The second-order valence-electron chi connectivity index (χ2n) is 4.00. The van der Waals surface area contributed by atoms with Crippen LogP contribution in [-0.4, -0.2) is 9.79 Å². The molecule has 0 aliphatic rings. The van der Waals surface area contributed by atoms with Crippen molar-refractivity contribution in [2.24, 2.45) is 11.8 Å². The molecule has 0 amide bonds. The molecule has 2 N–H and O–H groups in total. The summed E-state index contributed by atoms with van der Waals surface area (Å²) in [6.45, 7) is 9.12. The summed E-state index contributed by atoms with van der Waals surface area (Å²) in [7, 11) is -6.40. The van der Waals surface area contributed by atoms with Crippen molar-refractivity contribution in [3.05, 3.63) is 0 Å². The monoisotopic (exact) mass is 260 g/mol. The summed E-state index contributed by atoms with van der Waals surface area (Å²) < 4.78 is 22.3. The predicted octanol–water partition coefficient (Wildman–Crippen LogP) is 2.85. The maximum Gasteiger partial charge on any atom is 0.323 e. The first kappa shape index (κ1) is 17.7. The van der Waals surface area contributed by atoms with Gasteiger partial charge in [0.15, 0.2) is 0 Å². The lowest BCUT2D eigenvalue weighted by molar-refractivity contribution is 0.371. The smallest absolute Gasteiger partial charge is 0.323 e. The topological polar surface area (TPSA) is 83.8 Å². The molecule has 0 spiro atoms. The summed E-state index contributed by atoms with van der Waals surface area (Å²) in [5, 5.41) is 0. The maximum absolute atomic E-state index is 9.44. The normalized spacial score (nSPS) is 14.7. The first-order chi connectivity index (χ1) is 6.75. The Bertz CT molecular complexity index is 173. The molecule has 0 saturated heterocycles. The van der Waals surface area contributed by atoms with Gasteiger partial charge in [-0.3, -0.25) is 9.13 Å². The van der Waals surface area contributed by atoms with Gasteiger partial charge in [0.2, 0.25) is 0 Å². The van der Waals surface area contributed by atoms with E-state index >= 15 is 0 Å². The minimum absolute atomic E-state index is 0.886. The third-order valence-corrected chi connectivity index (χ3v) is 2.89. The lowest BCUT2D eigenvalue weighted by atomic mass is 10.0. The average molecular weight is 260 g/mol. The lowest BCUT2D eigenvalue weighted by Gasteiger charge is -2.05. The fourth-order valence-corrected chi connectivity index (χ4v) is 1.34. The van der Waals surface area contributed by atoms with Crippen molar-refractivity contribution in [2.75, 3.05) is 0 Å². The molecular formula is C8H22O5P2. The van der Waals surface area contributed by atoms with Crippen molar-refractivity contribution in [3.8, 4) is 0 Å². The average Bonchev–Trinajstić information content (AvgIpc) is 1.99. The number of hydrogen-bond donors (Lipinski definition) is 2. The Morgan fingerprint density at radius 3 is 1.27 bits per heavy atom. The molecule has 0 rings (SSSR count). The van der Waals surface area contributed by atoms with Crippen LogP contribution in [0.2, 0.25) is 0 Å². The molecule has 0 aliphatic heterocycles. The van der Waals surface area contributed by atoms with Crippen LogP contribution in [0.3, 0.4) is 0 Å². The Balaban J connectivity index is 0. The van der Waals surface area contributed by atoms with Crippen molar-refractivity contribution in [1.82, 2.24) is 0 Å². The maximum atomic E-state index is 9.44. The molecule has 0 aromatic carbocycles. The molecule has 15 heavy (non-hydrogen) atoms. The second-order valence-corrected chi connectivity index (χ2v) is 5.88. The van der Waals surface area contributed by atoms with E-state index in [-0.39, 0.29) is 0 Å². The quantitative estimate of drug-likeness (QED) is 0.742. The molecule has 0 fully saturated rings. The van der Waals surface area contributed by atoms with Crippen LogP contribution in [-0.2, 0) is 13.4 Å². The van der Waals surface area contributed by atoms with Crippen molar-refractivity contribution >= 4 is 16.5 Å². The van der Waals surface area contributed by atoms with E-state index < -0.39 is 16.5 Å². The molecular weight excluding hydrogens is 238 g/mol. The Kier molecular flexibility index (Phi) is 12.8. The highest BCUT2D eigenvalue weighted by atomic mass is 31.2. The molecule has 2 unspecified atom stereocenters. The molecule has 0 aliphatic carbocycles. The van der Waals surface area contributed by atoms with Gasteiger partial charge in [0, 0.05) is 0 Å². The highest BCUT2D eigenvalue weighted by Gasteiger charge is 1.95. The van der Waals surface area contributed by atoms with E-state index in [1.807, 2.05) is 0 Å². The van der Waals surface area contributed by atoms with E-state index in [2.05, 4.69) is 32.0 Å². The van der Waals surface area contributed by atoms with Crippen LogP contribution < -0.4 is 0 Å². The van der Waals surface area contributed by atoms with Crippen LogP contribution in [0.15, 0.2) is 0 Å². The second kappa shape index (κ2) is 10.8. The zero-order chi connectivity index (χ0) is 12.4. The summed E-state index contributed by atoms with van der Waals surface area (Å²) in [5.74, 6) is 1.77. The standard InChI is InChI=1S/C8H18.H4O5P2/c1-7(2)5-6-8(3)4;1-6(2)5-7(3)4/h7-8H,5-6H2,1-4H3;6-7H,(H,1,2)(H,3,4). The molecule has 0 aromatic rings. The third-order valence-electron chi connectivity index (χ3n) is 1.50. The lowest BCUT2D eigenvalue weighted by Crippen LogP contribution is -1.91. The van der Waals surface area contributed by atoms with Crippen molar-refractivity contribution in [3.63, 3.8) is 0 Å². The highest BCUT2D eigenvalue weighted by Crippen LogP contribution is 2.30. The Morgan fingerprint density at radius 1 is 0.933 bits per heavy atom. The summed E-state index contributed by atoms with van der Waals surface area (Å²) in [6.07, 6.45) is 2.77. The van der Waals surface area contributed by atoms with Gasteiger partial charge >= 0.3 is 16.5 Å². The molecule has 5 nitrogen and oxygen atoms in total. The van der Waals surface area contributed by atoms with Gasteiger partial charge in [0.1, 0.15) is 0 Å². The van der Waals surface area contributed by atoms with Crippen molar-refractivity contribution < 1.29 is 23.2 Å². The molecule has 0 bridgehead atoms. The largest absolute Gasteiger partial charge is 0.326 e. The van der Waals surface area contributed by atoms with Crippen LogP contribution in [0.4, 0.5) is 0 Å². The van der Waals surface area contributed by atoms with E-state index in [0.29, 0.717) is 0 Å². The summed E-state index contributed by atoms with van der Waals surface area (Å²) >= 11 is 0. The first-order valence-electron chi connectivity index (χ1n) is 4.89. The van der Waals surface area contributed by atoms with E-state index in [4.69, 9.17) is 9.79 Å². The van der Waals surface area contributed by atoms with Crippen LogP contribution in [0.5, 0.6) is 0 Å².